The molecule has 3 heteroatoms. The number of hydrogen-bond acceptors (Lipinski definition) is 2. The van der Waals surface area contributed by atoms with Gasteiger partial charge in [-0.15, -0.1) is 0 Å². The Morgan fingerprint density at radius 2 is 1.50 bits per heavy atom. The van der Waals surface area contributed by atoms with E-state index >= 15 is 0 Å². The summed E-state index contributed by atoms with van der Waals surface area (Å²) in [6.45, 7) is 3.41. The highest BCUT2D eigenvalue weighted by Gasteiger charge is 2.23. The summed E-state index contributed by atoms with van der Waals surface area (Å²) in [4.78, 5) is 11.1. The fourth-order valence-corrected chi connectivity index (χ4v) is 3.15. The number of unbranched alkanes of at least 4 members (excludes halogenated alkanes) is 7. The van der Waals surface area contributed by atoms with E-state index in [9.17, 15) is 4.79 Å². The summed E-state index contributed by atoms with van der Waals surface area (Å²) >= 11 is 0. The summed E-state index contributed by atoms with van der Waals surface area (Å²) in [5, 5.41) is 3.64. The van der Waals surface area contributed by atoms with Gasteiger partial charge in [0.05, 0.1) is 0 Å². The number of carbonyl (C=O) groups is 1. The maximum Gasteiger partial charge on any atom is 0.220 e. The van der Waals surface area contributed by atoms with Crippen LogP contribution in [-0.2, 0) is 4.79 Å². The Kier molecular flexibility index (Phi) is 9.73. The summed E-state index contributed by atoms with van der Waals surface area (Å²) in [6, 6.07) is 0.621. The van der Waals surface area contributed by atoms with Gasteiger partial charge in [-0.1, -0.05) is 51.9 Å². The molecule has 1 rings (SSSR count). The van der Waals surface area contributed by atoms with Crippen LogP contribution in [0.15, 0.2) is 0 Å². The molecule has 3 N–H and O–H groups in total. The van der Waals surface area contributed by atoms with Crippen molar-refractivity contribution in [2.75, 3.05) is 6.54 Å². The highest BCUT2D eigenvalue weighted by molar-refractivity contribution is 5.76. The topological polar surface area (TPSA) is 55.1 Å². The van der Waals surface area contributed by atoms with Crippen molar-refractivity contribution in [3.8, 4) is 0 Å². The second-order valence-corrected chi connectivity index (χ2v) is 6.38. The van der Waals surface area contributed by atoms with Gasteiger partial charge in [-0.25, -0.2) is 0 Å². The third-order valence-electron chi connectivity index (χ3n) is 4.59. The van der Waals surface area contributed by atoms with Gasteiger partial charge in [0.1, 0.15) is 0 Å². The molecule has 0 heterocycles. The first-order valence-electron chi connectivity index (χ1n) is 8.76. The minimum atomic E-state index is -0.105. The zero-order valence-corrected chi connectivity index (χ0v) is 13.3. The highest BCUT2D eigenvalue weighted by Crippen LogP contribution is 2.23. The number of carbonyl (C=O) groups excluding carboxylic acids is 1. The molecule has 1 saturated carbocycles. The molecule has 20 heavy (non-hydrogen) atoms. The SMILES string of the molecule is CCCCCCCCCCNC1CCC(C(N)=O)CC1. The number of nitrogens with one attached hydrogen (secondary N) is 1. The first-order valence-corrected chi connectivity index (χ1v) is 8.76. The average molecular weight is 282 g/mol. The first kappa shape index (κ1) is 17.5. The van der Waals surface area contributed by atoms with E-state index in [0.29, 0.717) is 6.04 Å². The molecular weight excluding hydrogens is 248 g/mol. The Labute approximate surface area is 125 Å². The number of primary amides is 1. The fraction of sp³-hybridized carbons (Fsp3) is 0.941. The molecular formula is C17H34N2O. The Morgan fingerprint density at radius 1 is 0.950 bits per heavy atom. The van der Waals surface area contributed by atoms with Crippen molar-refractivity contribution in [1.29, 1.82) is 0 Å². The van der Waals surface area contributed by atoms with Crippen molar-refractivity contribution >= 4 is 5.91 Å². The normalized spacial score (nSPS) is 22.9. The molecule has 0 spiro atoms. The van der Waals surface area contributed by atoms with Crippen molar-refractivity contribution in [3.05, 3.63) is 0 Å². The average Bonchev–Trinajstić information content (AvgIpc) is 2.46. The zero-order valence-electron chi connectivity index (χ0n) is 13.3. The molecule has 1 aliphatic carbocycles. The van der Waals surface area contributed by atoms with Gasteiger partial charge in [-0.2, -0.15) is 0 Å². The van der Waals surface area contributed by atoms with E-state index in [2.05, 4.69) is 12.2 Å². The predicted octanol–water partition coefficient (Wildman–Crippen LogP) is 3.76. The van der Waals surface area contributed by atoms with Crippen molar-refractivity contribution in [3.63, 3.8) is 0 Å². The molecule has 3 nitrogen and oxygen atoms in total. The molecule has 0 unspecified atom stereocenters. The van der Waals surface area contributed by atoms with E-state index in [-0.39, 0.29) is 11.8 Å². The Balaban J connectivity index is 1.86. The molecule has 0 aromatic carbocycles. The largest absolute Gasteiger partial charge is 0.369 e. The standard InChI is InChI=1S/C17H34N2O/c1-2-3-4-5-6-7-8-9-14-19-16-12-10-15(11-13-16)17(18)20/h15-16,19H,2-14H2,1H3,(H2,18,20). The van der Waals surface area contributed by atoms with Crippen molar-refractivity contribution in [1.82, 2.24) is 5.32 Å². The molecule has 1 fully saturated rings. The smallest absolute Gasteiger partial charge is 0.220 e. The Hall–Kier alpha value is -0.570. The van der Waals surface area contributed by atoms with Gasteiger partial charge in [0.15, 0.2) is 0 Å². The van der Waals surface area contributed by atoms with Crippen LogP contribution in [0.2, 0.25) is 0 Å². The molecule has 0 aromatic rings. The first-order chi connectivity index (χ1) is 9.74. The highest BCUT2D eigenvalue weighted by atomic mass is 16.1. The van der Waals surface area contributed by atoms with Gasteiger partial charge in [-0.3, -0.25) is 4.79 Å². The molecule has 1 amide bonds. The zero-order chi connectivity index (χ0) is 14.6. The Bertz CT molecular complexity index is 247. The van der Waals surface area contributed by atoms with Crippen LogP contribution in [0.3, 0.4) is 0 Å². The van der Waals surface area contributed by atoms with E-state index < -0.39 is 0 Å². The lowest BCUT2D eigenvalue weighted by Gasteiger charge is -2.27. The number of hydrogen-bond donors (Lipinski definition) is 2. The maximum absolute atomic E-state index is 11.1. The number of rotatable bonds is 11. The van der Waals surface area contributed by atoms with E-state index in [1.807, 2.05) is 0 Å². The monoisotopic (exact) mass is 282 g/mol. The van der Waals surface area contributed by atoms with Crippen molar-refractivity contribution in [2.24, 2.45) is 11.7 Å². The Morgan fingerprint density at radius 3 is 2.05 bits per heavy atom. The molecule has 0 bridgehead atoms. The van der Waals surface area contributed by atoms with Crippen LogP contribution in [0.5, 0.6) is 0 Å². The van der Waals surface area contributed by atoms with Crippen molar-refractivity contribution < 1.29 is 4.79 Å². The van der Waals surface area contributed by atoms with E-state index in [4.69, 9.17) is 5.73 Å². The summed E-state index contributed by atoms with van der Waals surface area (Å²) in [6.07, 6.45) is 15.2. The molecule has 0 aromatic heterocycles. The van der Waals surface area contributed by atoms with E-state index in [1.165, 1.54) is 51.4 Å². The number of nitrogens with two attached hydrogens (primary N) is 1. The van der Waals surface area contributed by atoms with Crippen LogP contribution < -0.4 is 11.1 Å². The summed E-state index contributed by atoms with van der Waals surface area (Å²) in [7, 11) is 0. The van der Waals surface area contributed by atoms with Gasteiger partial charge in [0.2, 0.25) is 5.91 Å². The van der Waals surface area contributed by atoms with Crippen molar-refractivity contribution in [2.45, 2.75) is 90.0 Å². The number of amides is 1. The maximum atomic E-state index is 11.1. The lowest BCUT2D eigenvalue weighted by Crippen LogP contribution is -2.37. The molecule has 0 aliphatic heterocycles. The summed E-state index contributed by atoms with van der Waals surface area (Å²) in [5.74, 6) is 0.0303. The summed E-state index contributed by atoms with van der Waals surface area (Å²) in [5.41, 5.74) is 5.35. The third-order valence-corrected chi connectivity index (χ3v) is 4.59. The minimum Gasteiger partial charge on any atom is -0.369 e. The van der Waals surface area contributed by atoms with Gasteiger partial charge < -0.3 is 11.1 Å². The van der Waals surface area contributed by atoms with Crippen LogP contribution in [0, 0.1) is 5.92 Å². The predicted molar refractivity (Wildman–Crippen MR) is 85.6 cm³/mol. The quantitative estimate of drug-likeness (QED) is 0.567. The summed E-state index contributed by atoms with van der Waals surface area (Å²) < 4.78 is 0. The molecule has 118 valence electrons. The van der Waals surface area contributed by atoms with Gasteiger partial charge in [0, 0.05) is 12.0 Å². The van der Waals surface area contributed by atoms with Crippen LogP contribution in [0.4, 0.5) is 0 Å². The third kappa shape index (κ3) is 7.88. The molecule has 0 atom stereocenters. The molecule has 0 saturated heterocycles. The van der Waals surface area contributed by atoms with Gasteiger partial charge in [0.25, 0.3) is 0 Å². The molecule has 1 aliphatic rings. The molecule has 0 radical (unpaired) electrons. The van der Waals surface area contributed by atoms with E-state index in [0.717, 1.165) is 32.2 Å². The van der Waals surface area contributed by atoms with Gasteiger partial charge >= 0.3 is 0 Å². The second-order valence-electron chi connectivity index (χ2n) is 6.38. The minimum absolute atomic E-state index is 0.105. The van der Waals surface area contributed by atoms with Gasteiger partial charge in [-0.05, 0) is 38.6 Å². The van der Waals surface area contributed by atoms with Crippen LogP contribution in [-0.4, -0.2) is 18.5 Å². The lowest BCUT2D eigenvalue weighted by atomic mass is 9.85. The van der Waals surface area contributed by atoms with Crippen LogP contribution >= 0.6 is 0 Å². The van der Waals surface area contributed by atoms with Crippen LogP contribution in [0.25, 0.3) is 0 Å². The van der Waals surface area contributed by atoms with Crippen LogP contribution in [0.1, 0.15) is 84.0 Å². The second kappa shape index (κ2) is 11.1. The fourth-order valence-electron chi connectivity index (χ4n) is 3.15. The lowest BCUT2D eigenvalue weighted by molar-refractivity contribution is -0.122. The van der Waals surface area contributed by atoms with E-state index in [1.54, 1.807) is 0 Å².